The molecule has 1 unspecified atom stereocenters. The number of ether oxygens (including phenoxy) is 1. The summed E-state index contributed by atoms with van der Waals surface area (Å²) in [6.45, 7) is 7.89. The van der Waals surface area contributed by atoms with Crippen molar-refractivity contribution in [2.75, 3.05) is 7.11 Å². The van der Waals surface area contributed by atoms with Gasteiger partial charge in [0.15, 0.2) is 0 Å². The Bertz CT molecular complexity index is 401. The molecular weight excluding hydrogens is 214 g/mol. The second-order valence-electron chi connectivity index (χ2n) is 4.73. The van der Waals surface area contributed by atoms with Gasteiger partial charge in [0.1, 0.15) is 5.54 Å². The van der Waals surface area contributed by atoms with Crippen molar-refractivity contribution in [1.82, 2.24) is 5.32 Å². The second kappa shape index (κ2) is 5.32. The van der Waals surface area contributed by atoms with E-state index < -0.39 is 5.54 Å². The fourth-order valence-electron chi connectivity index (χ4n) is 2.16. The number of rotatable bonds is 4. The highest BCUT2D eigenvalue weighted by atomic mass is 16.5. The number of methoxy groups -OCH3 is 1. The molecule has 1 aromatic carbocycles. The van der Waals surface area contributed by atoms with Gasteiger partial charge in [-0.1, -0.05) is 24.3 Å². The van der Waals surface area contributed by atoms with Crippen LogP contribution in [0.1, 0.15) is 31.9 Å². The minimum Gasteiger partial charge on any atom is -0.467 e. The molecule has 0 aliphatic heterocycles. The van der Waals surface area contributed by atoms with Gasteiger partial charge in [0.2, 0.25) is 0 Å². The van der Waals surface area contributed by atoms with Crippen LogP contribution in [0.25, 0.3) is 0 Å². The van der Waals surface area contributed by atoms with Crippen LogP contribution in [0.15, 0.2) is 24.3 Å². The highest BCUT2D eigenvalue weighted by Crippen LogP contribution is 2.26. The highest BCUT2D eigenvalue weighted by Gasteiger charge is 2.37. The maximum absolute atomic E-state index is 12.0. The zero-order valence-electron chi connectivity index (χ0n) is 11.2. The van der Waals surface area contributed by atoms with Crippen LogP contribution in [-0.4, -0.2) is 19.1 Å². The fourth-order valence-corrected chi connectivity index (χ4v) is 2.16. The first-order valence-corrected chi connectivity index (χ1v) is 5.84. The lowest BCUT2D eigenvalue weighted by Gasteiger charge is -2.31. The molecule has 0 amide bonds. The van der Waals surface area contributed by atoms with Crippen molar-refractivity contribution in [2.45, 2.75) is 39.3 Å². The predicted octanol–water partition coefficient (Wildman–Crippen LogP) is 2.38. The van der Waals surface area contributed by atoms with Crippen LogP contribution < -0.4 is 5.32 Å². The van der Waals surface area contributed by atoms with E-state index in [9.17, 15) is 4.79 Å². The van der Waals surface area contributed by atoms with Gasteiger partial charge in [-0.05, 0) is 38.8 Å². The van der Waals surface area contributed by atoms with Crippen molar-refractivity contribution >= 4 is 5.97 Å². The summed E-state index contributed by atoms with van der Waals surface area (Å²) in [6.07, 6.45) is 0. The maximum atomic E-state index is 12.0. The van der Waals surface area contributed by atoms with E-state index in [1.165, 1.54) is 7.11 Å². The van der Waals surface area contributed by atoms with Gasteiger partial charge in [-0.25, -0.2) is 4.79 Å². The summed E-state index contributed by atoms with van der Waals surface area (Å²) in [6, 6.07) is 8.05. The molecule has 0 bridgehead atoms. The van der Waals surface area contributed by atoms with Crippen molar-refractivity contribution in [2.24, 2.45) is 0 Å². The lowest BCUT2D eigenvalue weighted by atomic mass is 9.88. The molecule has 17 heavy (non-hydrogen) atoms. The molecule has 0 fully saturated rings. The molecule has 0 aliphatic rings. The Kier molecular flexibility index (Phi) is 4.29. The van der Waals surface area contributed by atoms with E-state index in [0.29, 0.717) is 0 Å². The van der Waals surface area contributed by atoms with Crippen LogP contribution >= 0.6 is 0 Å². The maximum Gasteiger partial charge on any atom is 0.330 e. The van der Waals surface area contributed by atoms with Gasteiger partial charge in [0.25, 0.3) is 0 Å². The van der Waals surface area contributed by atoms with Crippen molar-refractivity contribution in [3.05, 3.63) is 35.4 Å². The quantitative estimate of drug-likeness (QED) is 0.814. The van der Waals surface area contributed by atoms with Crippen molar-refractivity contribution in [3.8, 4) is 0 Å². The van der Waals surface area contributed by atoms with E-state index in [4.69, 9.17) is 4.74 Å². The Hall–Kier alpha value is -1.35. The van der Waals surface area contributed by atoms with Gasteiger partial charge >= 0.3 is 5.97 Å². The minimum atomic E-state index is -0.797. The molecule has 0 saturated heterocycles. The first-order chi connectivity index (χ1) is 7.91. The first kappa shape index (κ1) is 13.7. The Morgan fingerprint density at radius 2 is 1.94 bits per heavy atom. The fraction of sp³-hybridized carbons (Fsp3) is 0.500. The van der Waals surface area contributed by atoms with Crippen LogP contribution in [0.3, 0.4) is 0 Å². The number of carbonyl (C=O) groups is 1. The molecule has 1 atom stereocenters. The largest absolute Gasteiger partial charge is 0.467 e. The molecular formula is C14H21NO2. The predicted molar refractivity (Wildman–Crippen MR) is 68.8 cm³/mol. The third-order valence-electron chi connectivity index (χ3n) is 2.85. The Morgan fingerprint density at radius 1 is 1.35 bits per heavy atom. The molecule has 94 valence electrons. The molecule has 0 heterocycles. The van der Waals surface area contributed by atoms with E-state index in [-0.39, 0.29) is 12.0 Å². The Balaban J connectivity index is 3.24. The Morgan fingerprint density at radius 3 is 2.41 bits per heavy atom. The van der Waals surface area contributed by atoms with E-state index in [0.717, 1.165) is 11.1 Å². The lowest BCUT2D eigenvalue weighted by molar-refractivity contribution is -0.148. The van der Waals surface area contributed by atoms with Crippen molar-refractivity contribution in [3.63, 3.8) is 0 Å². The van der Waals surface area contributed by atoms with E-state index in [1.54, 1.807) is 0 Å². The summed E-state index contributed by atoms with van der Waals surface area (Å²) in [5, 5.41) is 3.29. The van der Waals surface area contributed by atoms with Crippen molar-refractivity contribution < 1.29 is 9.53 Å². The van der Waals surface area contributed by atoms with Crippen LogP contribution in [-0.2, 0) is 15.1 Å². The SMILES string of the molecule is COC(=O)C(C)(NC(C)C)c1ccccc1C. The van der Waals surface area contributed by atoms with Crippen LogP contribution in [0.2, 0.25) is 0 Å². The minimum absolute atomic E-state index is 0.193. The topological polar surface area (TPSA) is 38.3 Å². The molecule has 1 N–H and O–H groups in total. The summed E-state index contributed by atoms with van der Waals surface area (Å²) in [4.78, 5) is 12.0. The summed E-state index contributed by atoms with van der Waals surface area (Å²) in [7, 11) is 1.42. The summed E-state index contributed by atoms with van der Waals surface area (Å²) in [5.74, 6) is -0.263. The molecule has 0 saturated carbocycles. The van der Waals surface area contributed by atoms with Gasteiger partial charge in [0.05, 0.1) is 7.11 Å². The molecule has 3 heteroatoms. The van der Waals surface area contributed by atoms with E-state index in [2.05, 4.69) is 5.32 Å². The molecule has 0 aromatic heterocycles. The van der Waals surface area contributed by atoms with Crippen LogP contribution in [0.5, 0.6) is 0 Å². The third kappa shape index (κ3) is 2.86. The smallest absolute Gasteiger partial charge is 0.330 e. The van der Waals surface area contributed by atoms with Gasteiger partial charge in [-0.2, -0.15) is 0 Å². The summed E-state index contributed by atoms with van der Waals surface area (Å²) < 4.78 is 4.92. The van der Waals surface area contributed by atoms with Crippen LogP contribution in [0, 0.1) is 6.92 Å². The number of hydrogen-bond acceptors (Lipinski definition) is 3. The zero-order valence-corrected chi connectivity index (χ0v) is 11.2. The number of carbonyl (C=O) groups excluding carboxylic acids is 1. The first-order valence-electron chi connectivity index (χ1n) is 5.84. The zero-order chi connectivity index (χ0) is 13.1. The third-order valence-corrected chi connectivity index (χ3v) is 2.85. The van der Waals surface area contributed by atoms with Gasteiger partial charge in [-0.15, -0.1) is 0 Å². The van der Waals surface area contributed by atoms with Crippen LogP contribution in [0.4, 0.5) is 0 Å². The molecule has 1 aromatic rings. The standard InChI is InChI=1S/C14H21NO2/c1-10(2)15-14(4,13(16)17-5)12-9-7-6-8-11(12)3/h6-10,15H,1-5H3. The average molecular weight is 235 g/mol. The number of esters is 1. The van der Waals surface area contributed by atoms with E-state index >= 15 is 0 Å². The second-order valence-corrected chi connectivity index (χ2v) is 4.73. The Labute approximate surface area is 103 Å². The molecule has 3 nitrogen and oxygen atoms in total. The molecule has 0 aliphatic carbocycles. The summed E-state index contributed by atoms with van der Waals surface area (Å²) in [5.41, 5.74) is 1.24. The molecule has 0 radical (unpaired) electrons. The monoisotopic (exact) mass is 235 g/mol. The van der Waals surface area contributed by atoms with E-state index in [1.807, 2.05) is 52.0 Å². The lowest BCUT2D eigenvalue weighted by Crippen LogP contribution is -2.50. The van der Waals surface area contributed by atoms with Crippen molar-refractivity contribution in [1.29, 1.82) is 0 Å². The molecule has 1 rings (SSSR count). The van der Waals surface area contributed by atoms with Gasteiger partial charge < -0.3 is 4.74 Å². The summed E-state index contributed by atoms with van der Waals surface area (Å²) >= 11 is 0. The highest BCUT2D eigenvalue weighted by molar-refractivity contribution is 5.82. The normalized spacial score (nSPS) is 14.5. The number of nitrogens with one attached hydrogen (secondary N) is 1. The number of aryl methyl sites for hydroxylation is 1. The average Bonchev–Trinajstić information content (AvgIpc) is 2.27. The van der Waals surface area contributed by atoms with Gasteiger partial charge in [0, 0.05) is 6.04 Å². The number of hydrogen-bond donors (Lipinski definition) is 1. The van der Waals surface area contributed by atoms with Gasteiger partial charge in [-0.3, -0.25) is 5.32 Å². The number of benzene rings is 1. The molecule has 0 spiro atoms.